The molecule has 0 spiro atoms. The van der Waals surface area contributed by atoms with Gasteiger partial charge in [0.1, 0.15) is 0 Å². The maximum Gasteiger partial charge on any atom is 0.178 e. The molecule has 0 radical (unpaired) electrons. The highest BCUT2D eigenvalue weighted by Gasteiger charge is 2.18. The average molecular weight is 268 g/mol. The van der Waals surface area contributed by atoms with Crippen LogP contribution in [0, 0.1) is 0 Å². The van der Waals surface area contributed by atoms with Crippen LogP contribution in [-0.2, 0) is 15.3 Å². The SMILES string of the molecule is CCCCCS(=O)(=O)c1cccc(C(C)(C)C)c1. The first-order valence-electron chi connectivity index (χ1n) is 6.60. The van der Waals surface area contributed by atoms with Gasteiger partial charge in [-0.05, 0) is 29.5 Å². The van der Waals surface area contributed by atoms with Gasteiger partial charge in [-0.2, -0.15) is 0 Å². The Hall–Kier alpha value is -0.830. The summed E-state index contributed by atoms with van der Waals surface area (Å²) < 4.78 is 24.4. The number of hydrogen-bond acceptors (Lipinski definition) is 2. The van der Waals surface area contributed by atoms with Crippen molar-refractivity contribution in [3.63, 3.8) is 0 Å². The van der Waals surface area contributed by atoms with Gasteiger partial charge < -0.3 is 0 Å². The van der Waals surface area contributed by atoms with Crippen molar-refractivity contribution < 1.29 is 8.42 Å². The first kappa shape index (κ1) is 15.2. The van der Waals surface area contributed by atoms with Gasteiger partial charge in [0.25, 0.3) is 0 Å². The fourth-order valence-electron chi connectivity index (χ4n) is 1.82. The number of benzene rings is 1. The van der Waals surface area contributed by atoms with Crippen molar-refractivity contribution in [2.45, 2.75) is 57.3 Å². The number of unbranched alkanes of at least 4 members (excludes halogenated alkanes) is 2. The maximum atomic E-state index is 12.2. The van der Waals surface area contributed by atoms with Gasteiger partial charge in [0.2, 0.25) is 0 Å². The predicted molar refractivity (Wildman–Crippen MR) is 76.7 cm³/mol. The quantitative estimate of drug-likeness (QED) is 0.758. The van der Waals surface area contributed by atoms with E-state index < -0.39 is 9.84 Å². The zero-order valence-electron chi connectivity index (χ0n) is 11.9. The van der Waals surface area contributed by atoms with Gasteiger partial charge in [-0.15, -0.1) is 0 Å². The molecule has 1 aromatic rings. The second-order valence-corrected chi connectivity index (χ2v) is 7.91. The van der Waals surface area contributed by atoms with Crippen molar-refractivity contribution in [3.8, 4) is 0 Å². The molecule has 0 fully saturated rings. The summed E-state index contributed by atoms with van der Waals surface area (Å²) in [6, 6.07) is 7.36. The summed E-state index contributed by atoms with van der Waals surface area (Å²) in [6.45, 7) is 8.36. The average Bonchev–Trinajstić information content (AvgIpc) is 2.28. The highest BCUT2D eigenvalue weighted by molar-refractivity contribution is 7.91. The van der Waals surface area contributed by atoms with Crippen LogP contribution >= 0.6 is 0 Å². The number of rotatable bonds is 5. The van der Waals surface area contributed by atoms with Crippen LogP contribution in [0.4, 0.5) is 0 Å². The van der Waals surface area contributed by atoms with Crippen molar-refractivity contribution in [1.82, 2.24) is 0 Å². The Morgan fingerprint density at radius 2 is 1.78 bits per heavy atom. The largest absolute Gasteiger partial charge is 0.224 e. The summed E-state index contributed by atoms with van der Waals surface area (Å²) in [5.41, 5.74) is 1.05. The lowest BCUT2D eigenvalue weighted by atomic mass is 9.87. The molecule has 0 aliphatic heterocycles. The molecular formula is C15H24O2S. The molecule has 0 unspecified atom stereocenters. The minimum Gasteiger partial charge on any atom is -0.224 e. The third kappa shape index (κ3) is 4.13. The van der Waals surface area contributed by atoms with Crippen molar-refractivity contribution in [3.05, 3.63) is 29.8 Å². The Morgan fingerprint density at radius 3 is 2.33 bits per heavy atom. The van der Waals surface area contributed by atoms with Crippen LogP contribution in [0.1, 0.15) is 52.5 Å². The van der Waals surface area contributed by atoms with E-state index in [0.717, 1.165) is 24.8 Å². The zero-order valence-corrected chi connectivity index (χ0v) is 12.7. The van der Waals surface area contributed by atoms with E-state index >= 15 is 0 Å². The van der Waals surface area contributed by atoms with Gasteiger partial charge in [0, 0.05) is 0 Å². The molecule has 0 atom stereocenters. The lowest BCUT2D eigenvalue weighted by Gasteiger charge is -2.19. The third-order valence-corrected chi connectivity index (χ3v) is 4.87. The minimum atomic E-state index is -3.12. The van der Waals surface area contributed by atoms with E-state index in [4.69, 9.17) is 0 Å². The Bertz CT molecular complexity index is 481. The fraction of sp³-hybridized carbons (Fsp3) is 0.600. The molecule has 2 nitrogen and oxygen atoms in total. The van der Waals surface area contributed by atoms with E-state index in [1.165, 1.54) is 0 Å². The Kier molecular flexibility index (Phi) is 4.97. The lowest BCUT2D eigenvalue weighted by molar-refractivity contribution is 0.582. The van der Waals surface area contributed by atoms with Gasteiger partial charge in [-0.25, -0.2) is 8.42 Å². The summed E-state index contributed by atoms with van der Waals surface area (Å²) >= 11 is 0. The molecular weight excluding hydrogens is 244 g/mol. The molecule has 0 heterocycles. The van der Waals surface area contributed by atoms with Crippen LogP contribution in [0.25, 0.3) is 0 Å². The second kappa shape index (κ2) is 5.87. The standard InChI is InChI=1S/C15H24O2S/c1-5-6-7-11-18(16,17)14-10-8-9-13(12-14)15(2,3)4/h8-10,12H,5-7,11H2,1-4H3. The van der Waals surface area contributed by atoms with E-state index in [9.17, 15) is 8.42 Å². The van der Waals surface area contributed by atoms with Crippen LogP contribution in [0.2, 0.25) is 0 Å². The van der Waals surface area contributed by atoms with Crippen LogP contribution in [0.3, 0.4) is 0 Å². The Labute approximate surface area is 111 Å². The van der Waals surface area contributed by atoms with Gasteiger partial charge in [0.05, 0.1) is 10.6 Å². The zero-order chi connectivity index (χ0) is 13.8. The smallest absolute Gasteiger partial charge is 0.178 e. The second-order valence-electron chi connectivity index (χ2n) is 5.80. The highest BCUT2D eigenvalue weighted by atomic mass is 32.2. The molecule has 18 heavy (non-hydrogen) atoms. The van der Waals surface area contributed by atoms with Gasteiger partial charge in [0.15, 0.2) is 9.84 Å². The maximum absolute atomic E-state index is 12.2. The highest BCUT2D eigenvalue weighted by Crippen LogP contribution is 2.25. The topological polar surface area (TPSA) is 34.1 Å². The van der Waals surface area contributed by atoms with E-state index in [0.29, 0.717) is 4.90 Å². The molecule has 0 saturated heterocycles. The summed E-state index contributed by atoms with van der Waals surface area (Å²) in [4.78, 5) is 0.464. The molecule has 0 aliphatic carbocycles. The van der Waals surface area contributed by atoms with Crippen LogP contribution < -0.4 is 0 Å². The van der Waals surface area contributed by atoms with E-state index in [1.54, 1.807) is 6.07 Å². The fourth-order valence-corrected chi connectivity index (χ4v) is 3.23. The van der Waals surface area contributed by atoms with Crippen molar-refractivity contribution >= 4 is 9.84 Å². The van der Waals surface area contributed by atoms with Gasteiger partial charge in [-0.1, -0.05) is 52.7 Å². The predicted octanol–water partition coefficient (Wildman–Crippen LogP) is 3.95. The normalized spacial score (nSPS) is 12.7. The molecule has 0 bridgehead atoms. The van der Waals surface area contributed by atoms with Gasteiger partial charge in [-0.3, -0.25) is 0 Å². The lowest BCUT2D eigenvalue weighted by Crippen LogP contribution is -2.13. The molecule has 3 heteroatoms. The molecule has 1 rings (SSSR count). The third-order valence-electron chi connectivity index (χ3n) is 3.08. The molecule has 1 aromatic carbocycles. The monoisotopic (exact) mass is 268 g/mol. The summed E-state index contributed by atoms with van der Waals surface area (Å²) in [5, 5.41) is 0. The molecule has 0 aliphatic rings. The summed E-state index contributed by atoms with van der Waals surface area (Å²) in [6.07, 6.45) is 2.76. The van der Waals surface area contributed by atoms with Crippen molar-refractivity contribution in [1.29, 1.82) is 0 Å². The first-order valence-corrected chi connectivity index (χ1v) is 8.26. The van der Waals surface area contributed by atoms with Gasteiger partial charge >= 0.3 is 0 Å². The molecule has 0 amide bonds. The number of hydrogen-bond donors (Lipinski definition) is 0. The van der Waals surface area contributed by atoms with E-state index in [1.807, 2.05) is 18.2 Å². The Morgan fingerprint density at radius 1 is 1.11 bits per heavy atom. The molecule has 0 N–H and O–H groups in total. The van der Waals surface area contributed by atoms with E-state index in [2.05, 4.69) is 27.7 Å². The number of sulfone groups is 1. The Balaban J connectivity index is 2.96. The van der Waals surface area contributed by atoms with Crippen LogP contribution in [0.5, 0.6) is 0 Å². The van der Waals surface area contributed by atoms with Crippen LogP contribution in [-0.4, -0.2) is 14.2 Å². The first-order chi connectivity index (χ1) is 8.27. The molecule has 0 saturated carbocycles. The summed E-state index contributed by atoms with van der Waals surface area (Å²) in [7, 11) is -3.12. The molecule has 0 aromatic heterocycles. The minimum absolute atomic E-state index is 0.0189. The van der Waals surface area contributed by atoms with Crippen molar-refractivity contribution in [2.24, 2.45) is 0 Å². The van der Waals surface area contributed by atoms with Crippen molar-refractivity contribution in [2.75, 3.05) is 5.75 Å². The molecule has 102 valence electrons. The van der Waals surface area contributed by atoms with Crippen LogP contribution in [0.15, 0.2) is 29.2 Å². The van der Waals surface area contributed by atoms with E-state index in [-0.39, 0.29) is 11.2 Å². The summed E-state index contributed by atoms with van der Waals surface area (Å²) in [5.74, 6) is 0.258.